The number of nitrogens with zero attached hydrogens (tertiary/aromatic N) is 3. The molecule has 1 heterocycles. The highest BCUT2D eigenvalue weighted by Gasteiger charge is 2.25. The zero-order valence-corrected chi connectivity index (χ0v) is 13.1. The summed E-state index contributed by atoms with van der Waals surface area (Å²) in [5, 5.41) is 5.04. The Morgan fingerprint density at radius 1 is 1.25 bits per heavy atom. The third-order valence-electron chi connectivity index (χ3n) is 2.51. The van der Waals surface area contributed by atoms with Gasteiger partial charge in [0.05, 0.1) is 5.69 Å². The van der Waals surface area contributed by atoms with Crippen molar-refractivity contribution in [2.45, 2.75) is 25.5 Å². The molecule has 1 aromatic heterocycles. The molecule has 1 aromatic carbocycles. The molecule has 1 unspecified atom stereocenters. The summed E-state index contributed by atoms with van der Waals surface area (Å²) in [7, 11) is 0. The first-order valence-corrected chi connectivity index (χ1v) is 7.62. The lowest BCUT2D eigenvalue weighted by molar-refractivity contribution is 0.562. The Morgan fingerprint density at radius 3 is 2.50 bits per heavy atom. The molecule has 0 bridgehead atoms. The second-order valence-corrected chi connectivity index (χ2v) is 7.63. The van der Waals surface area contributed by atoms with Crippen molar-refractivity contribution in [3.05, 3.63) is 47.2 Å². The topological polar surface area (TPSA) is 53.2 Å². The van der Waals surface area contributed by atoms with Crippen LogP contribution < -0.4 is 0 Å². The standard InChI is InChI=1S/C14H16ClN3OS/c1-14(2,3)20(19)16-10-12-8-9-18(17-12)13-6-4-11(15)5-7-13/h4-10H,1-3H3/b16-10+. The molecule has 0 aliphatic heterocycles. The highest BCUT2D eigenvalue weighted by atomic mass is 35.5. The second-order valence-electron chi connectivity index (χ2n) is 5.26. The van der Waals surface area contributed by atoms with Gasteiger partial charge in [0.1, 0.15) is 28.0 Å². The van der Waals surface area contributed by atoms with Gasteiger partial charge in [0, 0.05) is 11.2 Å². The molecule has 0 saturated heterocycles. The Morgan fingerprint density at radius 2 is 1.90 bits per heavy atom. The van der Waals surface area contributed by atoms with Crippen LogP contribution in [0.1, 0.15) is 26.5 Å². The number of aromatic nitrogens is 2. The van der Waals surface area contributed by atoms with Crippen LogP contribution in [0.2, 0.25) is 5.02 Å². The molecule has 0 N–H and O–H groups in total. The van der Waals surface area contributed by atoms with Crippen LogP contribution in [-0.4, -0.2) is 25.3 Å². The Kier molecular flexibility index (Phi) is 4.52. The number of hydrogen-bond acceptors (Lipinski definition) is 3. The van der Waals surface area contributed by atoms with E-state index < -0.39 is 11.4 Å². The van der Waals surface area contributed by atoms with Gasteiger partial charge in [0.15, 0.2) is 0 Å². The monoisotopic (exact) mass is 309 g/mol. The molecule has 0 aliphatic rings. The zero-order chi connectivity index (χ0) is 14.8. The van der Waals surface area contributed by atoms with E-state index in [9.17, 15) is 4.55 Å². The largest absolute Gasteiger partial charge is 0.591 e. The summed E-state index contributed by atoms with van der Waals surface area (Å²) in [6, 6.07) is 9.19. The van der Waals surface area contributed by atoms with Gasteiger partial charge < -0.3 is 4.55 Å². The fraction of sp³-hybridized carbons (Fsp3) is 0.286. The summed E-state index contributed by atoms with van der Waals surface area (Å²) in [5.41, 5.74) is 1.57. The Balaban J connectivity index is 2.13. The molecule has 0 radical (unpaired) electrons. The average Bonchev–Trinajstić information content (AvgIpc) is 2.84. The van der Waals surface area contributed by atoms with E-state index in [0.29, 0.717) is 10.7 Å². The first-order chi connectivity index (χ1) is 9.36. The van der Waals surface area contributed by atoms with Crippen molar-refractivity contribution in [3.8, 4) is 5.69 Å². The van der Waals surface area contributed by atoms with E-state index in [0.717, 1.165) is 5.69 Å². The molecule has 2 aromatic rings. The summed E-state index contributed by atoms with van der Waals surface area (Å²) in [4.78, 5) is 0. The highest BCUT2D eigenvalue weighted by molar-refractivity contribution is 7.91. The lowest BCUT2D eigenvalue weighted by Gasteiger charge is -2.17. The van der Waals surface area contributed by atoms with Gasteiger partial charge in [-0.05, 0) is 51.1 Å². The number of hydrogen-bond donors (Lipinski definition) is 0. The fourth-order valence-corrected chi connectivity index (χ4v) is 2.05. The first-order valence-electron chi connectivity index (χ1n) is 6.14. The number of benzene rings is 1. The van der Waals surface area contributed by atoms with Crippen molar-refractivity contribution in [3.63, 3.8) is 0 Å². The minimum absolute atomic E-state index is 0.366. The van der Waals surface area contributed by atoms with E-state index in [1.165, 1.54) is 6.21 Å². The van der Waals surface area contributed by atoms with Crippen LogP contribution >= 0.6 is 11.6 Å². The van der Waals surface area contributed by atoms with Crippen LogP contribution in [0.5, 0.6) is 0 Å². The van der Waals surface area contributed by atoms with Crippen molar-refractivity contribution in [1.82, 2.24) is 9.78 Å². The number of halogens is 1. The van der Waals surface area contributed by atoms with Crippen molar-refractivity contribution in [2.24, 2.45) is 4.40 Å². The molecule has 0 fully saturated rings. The molecular formula is C14H16ClN3OS. The van der Waals surface area contributed by atoms with Crippen molar-refractivity contribution >= 4 is 29.2 Å². The highest BCUT2D eigenvalue weighted by Crippen LogP contribution is 2.17. The maximum absolute atomic E-state index is 11.8. The molecule has 0 amide bonds. The first kappa shape index (κ1) is 15.1. The lowest BCUT2D eigenvalue weighted by atomic mass is 10.3. The van der Waals surface area contributed by atoms with Gasteiger partial charge in [-0.2, -0.15) is 5.10 Å². The third-order valence-corrected chi connectivity index (χ3v) is 4.10. The fourth-order valence-electron chi connectivity index (χ4n) is 1.40. The van der Waals surface area contributed by atoms with Gasteiger partial charge in [-0.15, -0.1) is 0 Å². The molecule has 0 saturated carbocycles. The Hall–Kier alpha value is -1.30. The quantitative estimate of drug-likeness (QED) is 0.644. The second kappa shape index (κ2) is 5.99. The molecule has 1 atom stereocenters. The minimum Gasteiger partial charge on any atom is -0.591 e. The van der Waals surface area contributed by atoms with E-state index in [1.54, 1.807) is 16.8 Å². The van der Waals surface area contributed by atoms with Crippen LogP contribution in [0.25, 0.3) is 5.69 Å². The van der Waals surface area contributed by atoms with Gasteiger partial charge in [0.2, 0.25) is 0 Å². The molecule has 6 heteroatoms. The maximum Gasteiger partial charge on any atom is 0.144 e. The van der Waals surface area contributed by atoms with Gasteiger partial charge in [0.25, 0.3) is 0 Å². The van der Waals surface area contributed by atoms with Gasteiger partial charge in [-0.3, -0.25) is 0 Å². The summed E-state index contributed by atoms with van der Waals surface area (Å²) >= 11 is 4.57. The summed E-state index contributed by atoms with van der Waals surface area (Å²) in [6.07, 6.45) is 3.36. The SMILES string of the molecule is CC(C)(C)[S+]([O-])/N=C/c1ccn(-c2ccc(Cl)cc2)n1. The van der Waals surface area contributed by atoms with Crippen LogP contribution in [0.15, 0.2) is 40.9 Å². The van der Waals surface area contributed by atoms with E-state index in [4.69, 9.17) is 11.6 Å². The van der Waals surface area contributed by atoms with Crippen LogP contribution in [0.4, 0.5) is 0 Å². The van der Waals surface area contributed by atoms with E-state index in [1.807, 2.05) is 45.2 Å². The van der Waals surface area contributed by atoms with Crippen molar-refractivity contribution in [1.29, 1.82) is 0 Å². The molecule has 0 aliphatic carbocycles. The number of rotatable bonds is 3. The molecule has 2 rings (SSSR count). The van der Waals surface area contributed by atoms with Crippen LogP contribution in [0, 0.1) is 0 Å². The van der Waals surface area contributed by atoms with Crippen molar-refractivity contribution in [2.75, 3.05) is 0 Å². The molecular weight excluding hydrogens is 294 g/mol. The molecule has 4 nitrogen and oxygen atoms in total. The predicted molar refractivity (Wildman–Crippen MR) is 84.1 cm³/mol. The molecule has 0 spiro atoms. The minimum atomic E-state index is -1.27. The van der Waals surface area contributed by atoms with Gasteiger partial charge in [-0.1, -0.05) is 16.0 Å². The third kappa shape index (κ3) is 3.85. The summed E-state index contributed by atoms with van der Waals surface area (Å²) in [5.74, 6) is 0. The summed E-state index contributed by atoms with van der Waals surface area (Å²) < 4.78 is 17.2. The van der Waals surface area contributed by atoms with Crippen LogP contribution in [-0.2, 0) is 11.4 Å². The molecule has 20 heavy (non-hydrogen) atoms. The maximum atomic E-state index is 11.8. The van der Waals surface area contributed by atoms with Crippen LogP contribution in [0.3, 0.4) is 0 Å². The summed E-state index contributed by atoms with van der Waals surface area (Å²) in [6.45, 7) is 5.65. The zero-order valence-electron chi connectivity index (χ0n) is 11.6. The molecule has 106 valence electrons. The lowest BCUT2D eigenvalue weighted by Crippen LogP contribution is -2.25. The van der Waals surface area contributed by atoms with E-state index in [2.05, 4.69) is 9.50 Å². The normalized spacial score (nSPS) is 13.8. The smallest absolute Gasteiger partial charge is 0.144 e. The van der Waals surface area contributed by atoms with Gasteiger partial charge in [-0.25, -0.2) is 4.68 Å². The van der Waals surface area contributed by atoms with Crippen molar-refractivity contribution < 1.29 is 4.55 Å². The Bertz CT molecular complexity index is 602. The predicted octanol–water partition coefficient (Wildman–Crippen LogP) is 3.41. The van der Waals surface area contributed by atoms with Gasteiger partial charge >= 0.3 is 0 Å². The average molecular weight is 310 g/mol. The Labute approximate surface area is 126 Å². The van der Waals surface area contributed by atoms with E-state index in [-0.39, 0.29) is 4.75 Å². The van der Waals surface area contributed by atoms with E-state index >= 15 is 0 Å².